The number of hydrogen-bond donors (Lipinski definition) is 0. The Morgan fingerprint density at radius 1 is 0.884 bits per heavy atom. The summed E-state index contributed by atoms with van der Waals surface area (Å²) in [5, 5.41) is 0. The molecule has 0 bridgehead atoms. The van der Waals surface area contributed by atoms with Crippen LogP contribution in [0.3, 0.4) is 0 Å². The van der Waals surface area contributed by atoms with Gasteiger partial charge in [-0.25, -0.2) is 0 Å². The minimum atomic E-state index is -0.0931. The van der Waals surface area contributed by atoms with E-state index < -0.39 is 0 Å². The molecule has 0 amide bonds. The molecule has 0 saturated carbocycles. The van der Waals surface area contributed by atoms with Gasteiger partial charge in [-0.2, -0.15) is 4.58 Å². The van der Waals surface area contributed by atoms with Gasteiger partial charge in [0.1, 0.15) is 6.54 Å². The van der Waals surface area contributed by atoms with Crippen molar-refractivity contribution in [1.82, 2.24) is 4.90 Å². The summed E-state index contributed by atoms with van der Waals surface area (Å²) < 4.78 is 2.49. The monoisotopic (exact) mass is 587 g/mol. The first-order valence-corrected chi connectivity index (χ1v) is 16.6. The van der Waals surface area contributed by atoms with Gasteiger partial charge >= 0.3 is 0 Å². The van der Waals surface area contributed by atoms with E-state index in [-0.39, 0.29) is 10.8 Å². The standard InChI is InChI=1S/C40H47N2S/c1-9-18-32-34(10-2)41(11-3)36(39(32,5)6)27-25-29-23-24-30(38(29)43-31-19-14-13-15-20-31)26-28-37-40(7,8)33-21-16-17-22-35(33)42(37)12-4/h9-10,13-22,25-28H,2,11-12,23-24H2,1,3-8H3/q+1/b18-9-. The van der Waals surface area contributed by atoms with Gasteiger partial charge in [0.05, 0.1) is 5.41 Å². The number of allylic oxidation sites excluding steroid dienone is 10. The molecular formula is C40H47N2S+. The second-order valence-electron chi connectivity index (χ2n) is 12.5. The van der Waals surface area contributed by atoms with Gasteiger partial charge in [-0.1, -0.05) is 92.9 Å². The highest BCUT2D eigenvalue weighted by atomic mass is 32.2. The van der Waals surface area contributed by atoms with E-state index >= 15 is 0 Å². The molecular weight excluding hydrogens is 541 g/mol. The lowest BCUT2D eigenvalue weighted by Crippen LogP contribution is -2.27. The summed E-state index contributed by atoms with van der Waals surface area (Å²) >= 11 is 1.90. The topological polar surface area (TPSA) is 6.25 Å². The third-order valence-corrected chi connectivity index (χ3v) is 10.5. The van der Waals surface area contributed by atoms with Gasteiger partial charge < -0.3 is 4.90 Å². The molecule has 3 heteroatoms. The van der Waals surface area contributed by atoms with Crippen LogP contribution in [-0.2, 0) is 5.41 Å². The van der Waals surface area contributed by atoms with E-state index in [1.54, 1.807) is 0 Å². The molecule has 3 aliphatic rings. The summed E-state index contributed by atoms with van der Waals surface area (Å²) in [7, 11) is 0. The number of likely N-dealkylation sites (N-methyl/N-ethyl adjacent to an activating group) is 1. The Balaban J connectivity index is 1.57. The van der Waals surface area contributed by atoms with Crippen LogP contribution >= 0.6 is 11.8 Å². The first kappa shape index (κ1) is 30.9. The minimum Gasteiger partial charge on any atom is -0.344 e. The fraction of sp³-hybridized carbons (Fsp3) is 0.325. The molecule has 0 fully saturated rings. The maximum Gasteiger partial charge on any atom is 0.209 e. The van der Waals surface area contributed by atoms with E-state index in [9.17, 15) is 0 Å². The smallest absolute Gasteiger partial charge is 0.209 e. The van der Waals surface area contributed by atoms with Crippen molar-refractivity contribution in [3.05, 3.63) is 142 Å². The maximum atomic E-state index is 4.17. The third kappa shape index (κ3) is 5.60. The van der Waals surface area contributed by atoms with E-state index in [1.165, 1.54) is 54.9 Å². The van der Waals surface area contributed by atoms with Crippen molar-refractivity contribution in [2.45, 2.75) is 71.6 Å². The molecule has 0 unspecified atom stereocenters. The summed E-state index contributed by atoms with van der Waals surface area (Å²) in [5.74, 6) is 0. The van der Waals surface area contributed by atoms with Crippen molar-refractivity contribution in [2.75, 3.05) is 13.1 Å². The van der Waals surface area contributed by atoms with Crippen LogP contribution in [-0.4, -0.2) is 28.3 Å². The van der Waals surface area contributed by atoms with Crippen LogP contribution in [0.4, 0.5) is 5.69 Å². The Hall–Kier alpha value is -3.56. The Bertz CT molecular complexity index is 1620. The van der Waals surface area contributed by atoms with Crippen molar-refractivity contribution in [2.24, 2.45) is 5.41 Å². The first-order valence-electron chi connectivity index (χ1n) is 15.8. The number of hydrogen-bond acceptors (Lipinski definition) is 2. The van der Waals surface area contributed by atoms with Crippen molar-refractivity contribution in [3.63, 3.8) is 0 Å². The average molecular weight is 588 g/mol. The normalized spacial score (nSPS) is 21.5. The minimum absolute atomic E-state index is 0.0315. The summed E-state index contributed by atoms with van der Waals surface area (Å²) in [6, 6.07) is 19.7. The van der Waals surface area contributed by atoms with Crippen LogP contribution in [0.25, 0.3) is 0 Å². The number of nitrogens with zero attached hydrogens (tertiary/aromatic N) is 2. The zero-order valence-electron chi connectivity index (χ0n) is 27.1. The zero-order valence-corrected chi connectivity index (χ0v) is 27.9. The average Bonchev–Trinajstić information content (AvgIpc) is 3.56. The van der Waals surface area contributed by atoms with Gasteiger partial charge in [0, 0.05) is 50.9 Å². The molecule has 2 aromatic rings. The van der Waals surface area contributed by atoms with Gasteiger partial charge in [0.2, 0.25) is 5.69 Å². The molecule has 2 aliphatic heterocycles. The van der Waals surface area contributed by atoms with Gasteiger partial charge in [-0.05, 0) is 88.5 Å². The quantitative estimate of drug-likeness (QED) is 0.269. The van der Waals surface area contributed by atoms with Crippen LogP contribution in [0.5, 0.6) is 0 Å². The molecule has 0 saturated heterocycles. The van der Waals surface area contributed by atoms with Gasteiger partial charge in [0.25, 0.3) is 0 Å². The summed E-state index contributed by atoms with van der Waals surface area (Å²) in [5.41, 5.74) is 10.7. The molecule has 2 nitrogen and oxygen atoms in total. The second kappa shape index (κ2) is 12.6. The van der Waals surface area contributed by atoms with Crippen LogP contribution in [0.1, 0.15) is 66.9 Å². The lowest BCUT2D eigenvalue weighted by molar-refractivity contribution is -0.433. The van der Waals surface area contributed by atoms with Gasteiger partial charge in [-0.3, -0.25) is 0 Å². The van der Waals surface area contributed by atoms with Crippen LogP contribution in [0.2, 0.25) is 0 Å². The number of benzene rings is 2. The highest BCUT2D eigenvalue weighted by molar-refractivity contribution is 8.03. The van der Waals surface area contributed by atoms with Crippen molar-refractivity contribution < 1.29 is 4.58 Å². The Labute approximate surface area is 264 Å². The zero-order chi connectivity index (χ0) is 30.8. The fourth-order valence-electron chi connectivity index (χ4n) is 6.99. The molecule has 1 aliphatic carbocycles. The number of thioether (sulfide) groups is 1. The van der Waals surface area contributed by atoms with E-state index in [0.29, 0.717) is 0 Å². The van der Waals surface area contributed by atoms with E-state index in [2.05, 4.69) is 156 Å². The first-order chi connectivity index (χ1) is 20.7. The summed E-state index contributed by atoms with van der Waals surface area (Å²) in [6.45, 7) is 22.0. The van der Waals surface area contributed by atoms with Gasteiger partial charge in [0.15, 0.2) is 5.71 Å². The Morgan fingerprint density at radius 3 is 2.28 bits per heavy atom. The largest absolute Gasteiger partial charge is 0.344 e. The lowest BCUT2D eigenvalue weighted by Gasteiger charge is -2.27. The maximum absolute atomic E-state index is 4.17. The Kier molecular flexibility index (Phi) is 9.04. The molecule has 43 heavy (non-hydrogen) atoms. The molecule has 222 valence electrons. The highest BCUT2D eigenvalue weighted by Gasteiger charge is 2.43. The summed E-state index contributed by atoms with van der Waals surface area (Å²) in [6.07, 6.45) is 18.1. The lowest BCUT2D eigenvalue weighted by atomic mass is 9.81. The Morgan fingerprint density at radius 2 is 1.60 bits per heavy atom. The van der Waals surface area contributed by atoms with Crippen LogP contribution in [0, 0.1) is 5.41 Å². The number of fused-ring (bicyclic) bond motifs is 1. The molecule has 0 spiro atoms. The van der Waals surface area contributed by atoms with Crippen LogP contribution < -0.4 is 0 Å². The molecule has 0 N–H and O–H groups in total. The van der Waals surface area contributed by atoms with Crippen LogP contribution in [0.15, 0.2) is 142 Å². The van der Waals surface area contributed by atoms with Crippen molar-refractivity contribution in [1.29, 1.82) is 0 Å². The molecule has 2 heterocycles. The molecule has 0 atom stereocenters. The van der Waals surface area contributed by atoms with E-state index in [1.807, 2.05) is 17.8 Å². The third-order valence-electron chi connectivity index (χ3n) is 9.22. The van der Waals surface area contributed by atoms with Crippen molar-refractivity contribution >= 4 is 23.2 Å². The van der Waals surface area contributed by atoms with Gasteiger partial charge in [-0.15, -0.1) is 0 Å². The summed E-state index contributed by atoms with van der Waals surface area (Å²) in [4.78, 5) is 5.10. The highest BCUT2D eigenvalue weighted by Crippen LogP contribution is 2.49. The molecule has 2 aromatic carbocycles. The van der Waals surface area contributed by atoms with E-state index in [0.717, 1.165) is 25.9 Å². The van der Waals surface area contributed by atoms with Crippen molar-refractivity contribution in [3.8, 4) is 0 Å². The fourth-order valence-corrected chi connectivity index (χ4v) is 8.12. The molecule has 5 rings (SSSR count). The number of para-hydroxylation sites is 1. The SMILES string of the molecule is C=CC1=C(/C=C\C)C(C)(C)/C(=C\C=C2/CCC(/C=C/C3=[N+](CC)c4ccccc4C3(C)C)=C2Sc2ccccc2)N1CC. The molecule has 0 aromatic heterocycles. The predicted octanol–water partition coefficient (Wildman–Crippen LogP) is 10.7. The van der Waals surface area contributed by atoms with E-state index in [4.69, 9.17) is 0 Å². The predicted molar refractivity (Wildman–Crippen MR) is 187 cm³/mol. The molecule has 0 radical (unpaired) electrons. The number of rotatable bonds is 9. The second-order valence-corrected chi connectivity index (χ2v) is 13.6.